The average Bonchev–Trinajstić information content (AvgIpc) is 2.37. The zero-order valence-electron chi connectivity index (χ0n) is 11.0. The van der Waals surface area contributed by atoms with E-state index in [4.69, 9.17) is 4.74 Å². The molecule has 0 aliphatic heterocycles. The number of nitro benzene ring substituents is 1. The number of nitriles is 1. The van der Waals surface area contributed by atoms with E-state index in [1.54, 1.807) is 19.9 Å². The fourth-order valence-corrected chi connectivity index (χ4v) is 1.93. The SMILES string of the molecule is CCOC(=O)C(C)(C#N)c1c(C)cccc1[N+](=O)[O-]. The van der Waals surface area contributed by atoms with Crippen LogP contribution in [0.3, 0.4) is 0 Å². The standard InChI is InChI=1S/C13H14N2O4/c1-4-19-12(16)13(3,8-14)11-9(2)6-5-7-10(11)15(17)18/h5-7H,4H2,1-3H3. The first-order chi connectivity index (χ1) is 8.88. The maximum atomic E-state index is 12.0. The number of carbonyl (C=O) groups is 1. The maximum Gasteiger partial charge on any atom is 0.331 e. The summed E-state index contributed by atoms with van der Waals surface area (Å²) in [6, 6.07) is 6.25. The topological polar surface area (TPSA) is 93.2 Å². The first-order valence-electron chi connectivity index (χ1n) is 5.71. The van der Waals surface area contributed by atoms with Crippen molar-refractivity contribution < 1.29 is 14.5 Å². The molecule has 6 heteroatoms. The molecule has 0 spiro atoms. The van der Waals surface area contributed by atoms with E-state index in [0.717, 1.165) is 0 Å². The monoisotopic (exact) mass is 262 g/mol. The van der Waals surface area contributed by atoms with Crippen molar-refractivity contribution >= 4 is 11.7 Å². The summed E-state index contributed by atoms with van der Waals surface area (Å²) in [4.78, 5) is 22.4. The molecule has 0 fully saturated rings. The zero-order valence-corrected chi connectivity index (χ0v) is 11.0. The van der Waals surface area contributed by atoms with Crippen LogP contribution in [0, 0.1) is 28.4 Å². The zero-order chi connectivity index (χ0) is 14.6. The number of rotatable bonds is 4. The molecule has 19 heavy (non-hydrogen) atoms. The maximum absolute atomic E-state index is 12.0. The minimum Gasteiger partial charge on any atom is -0.465 e. The Morgan fingerprint density at radius 2 is 2.21 bits per heavy atom. The lowest BCUT2D eigenvalue weighted by Gasteiger charge is -2.21. The average molecular weight is 262 g/mol. The van der Waals surface area contributed by atoms with E-state index in [2.05, 4.69) is 0 Å². The van der Waals surface area contributed by atoms with Gasteiger partial charge in [-0.1, -0.05) is 12.1 Å². The fraction of sp³-hybridized carbons (Fsp3) is 0.385. The Kier molecular flexibility index (Phi) is 4.22. The van der Waals surface area contributed by atoms with E-state index in [9.17, 15) is 20.2 Å². The van der Waals surface area contributed by atoms with Gasteiger partial charge in [-0.15, -0.1) is 0 Å². The Morgan fingerprint density at radius 3 is 2.68 bits per heavy atom. The molecule has 6 nitrogen and oxygen atoms in total. The van der Waals surface area contributed by atoms with E-state index in [-0.39, 0.29) is 17.9 Å². The number of ether oxygens (including phenoxy) is 1. The first-order valence-corrected chi connectivity index (χ1v) is 5.71. The molecule has 1 atom stereocenters. The Labute approximate surface area is 110 Å². The smallest absolute Gasteiger partial charge is 0.331 e. The van der Waals surface area contributed by atoms with Gasteiger partial charge in [0.2, 0.25) is 0 Å². The molecule has 0 amide bonds. The molecule has 0 aliphatic carbocycles. The van der Waals surface area contributed by atoms with Crippen LogP contribution in [0.1, 0.15) is 25.0 Å². The minimum atomic E-state index is -1.69. The highest BCUT2D eigenvalue weighted by molar-refractivity contribution is 5.88. The second kappa shape index (κ2) is 5.48. The lowest BCUT2D eigenvalue weighted by atomic mass is 9.80. The van der Waals surface area contributed by atoms with Crippen LogP contribution in [-0.2, 0) is 14.9 Å². The lowest BCUT2D eigenvalue weighted by molar-refractivity contribution is -0.385. The van der Waals surface area contributed by atoms with Gasteiger partial charge in [0, 0.05) is 6.07 Å². The van der Waals surface area contributed by atoms with Crippen LogP contribution in [0.15, 0.2) is 18.2 Å². The molecule has 0 aromatic heterocycles. The second-order valence-electron chi connectivity index (χ2n) is 4.18. The highest BCUT2D eigenvalue weighted by Crippen LogP contribution is 2.35. The Bertz CT molecular complexity index is 562. The number of carbonyl (C=O) groups excluding carboxylic acids is 1. The quantitative estimate of drug-likeness (QED) is 0.471. The molecule has 0 N–H and O–H groups in total. The van der Waals surface area contributed by atoms with E-state index in [1.165, 1.54) is 19.1 Å². The van der Waals surface area contributed by atoms with Crippen LogP contribution in [0.25, 0.3) is 0 Å². The Balaban J connectivity index is 3.54. The van der Waals surface area contributed by atoms with Crippen molar-refractivity contribution in [3.05, 3.63) is 39.4 Å². The molecule has 0 saturated carbocycles. The van der Waals surface area contributed by atoms with Gasteiger partial charge in [0.05, 0.1) is 23.2 Å². The van der Waals surface area contributed by atoms with Crippen molar-refractivity contribution in [2.45, 2.75) is 26.2 Å². The number of esters is 1. The van der Waals surface area contributed by atoms with E-state index < -0.39 is 16.3 Å². The van der Waals surface area contributed by atoms with Crippen molar-refractivity contribution in [1.29, 1.82) is 5.26 Å². The molecule has 0 radical (unpaired) electrons. The highest BCUT2D eigenvalue weighted by atomic mass is 16.6. The summed E-state index contributed by atoms with van der Waals surface area (Å²) in [6.07, 6.45) is 0. The van der Waals surface area contributed by atoms with Gasteiger partial charge in [-0.3, -0.25) is 10.1 Å². The summed E-state index contributed by atoms with van der Waals surface area (Å²) < 4.78 is 4.86. The third-order valence-electron chi connectivity index (χ3n) is 2.85. The first kappa shape index (κ1) is 14.6. The molecule has 1 unspecified atom stereocenters. The number of aryl methyl sites for hydroxylation is 1. The van der Waals surface area contributed by atoms with Gasteiger partial charge in [-0.25, -0.2) is 4.79 Å². The molecular formula is C13H14N2O4. The third-order valence-corrected chi connectivity index (χ3v) is 2.85. The molecule has 0 aliphatic rings. The van der Waals surface area contributed by atoms with Crippen LogP contribution >= 0.6 is 0 Å². The van der Waals surface area contributed by atoms with Gasteiger partial charge in [0.1, 0.15) is 0 Å². The summed E-state index contributed by atoms with van der Waals surface area (Å²) in [7, 11) is 0. The number of nitrogens with zero attached hydrogens (tertiary/aromatic N) is 2. The van der Waals surface area contributed by atoms with Crippen molar-refractivity contribution in [1.82, 2.24) is 0 Å². The predicted molar refractivity (Wildman–Crippen MR) is 67.4 cm³/mol. The Morgan fingerprint density at radius 1 is 1.58 bits per heavy atom. The van der Waals surface area contributed by atoms with Crippen molar-refractivity contribution in [3.63, 3.8) is 0 Å². The largest absolute Gasteiger partial charge is 0.465 e. The van der Waals surface area contributed by atoms with Gasteiger partial charge in [0.15, 0.2) is 5.41 Å². The molecular weight excluding hydrogens is 248 g/mol. The number of hydrogen-bond acceptors (Lipinski definition) is 5. The summed E-state index contributed by atoms with van der Waals surface area (Å²) >= 11 is 0. The van der Waals surface area contributed by atoms with Crippen LogP contribution in [-0.4, -0.2) is 17.5 Å². The molecule has 0 saturated heterocycles. The fourth-order valence-electron chi connectivity index (χ4n) is 1.93. The molecule has 100 valence electrons. The van der Waals surface area contributed by atoms with Gasteiger partial charge in [-0.2, -0.15) is 5.26 Å². The van der Waals surface area contributed by atoms with Gasteiger partial charge in [0.25, 0.3) is 5.69 Å². The summed E-state index contributed by atoms with van der Waals surface area (Å²) in [5.41, 5.74) is -1.35. The molecule has 0 heterocycles. The molecule has 1 aromatic rings. The van der Waals surface area contributed by atoms with Gasteiger partial charge >= 0.3 is 5.97 Å². The summed E-state index contributed by atoms with van der Waals surface area (Å²) in [5.74, 6) is -0.782. The van der Waals surface area contributed by atoms with Crippen LogP contribution in [0.4, 0.5) is 5.69 Å². The summed E-state index contributed by atoms with van der Waals surface area (Å²) in [6.45, 7) is 4.68. The third kappa shape index (κ3) is 2.55. The van der Waals surface area contributed by atoms with Crippen LogP contribution in [0.5, 0.6) is 0 Å². The number of nitro groups is 1. The van der Waals surface area contributed by atoms with E-state index in [1.807, 2.05) is 6.07 Å². The normalized spacial score (nSPS) is 13.2. The van der Waals surface area contributed by atoms with Crippen LogP contribution in [0.2, 0.25) is 0 Å². The molecule has 0 bridgehead atoms. The molecule has 1 aromatic carbocycles. The van der Waals surface area contributed by atoms with Crippen LogP contribution < -0.4 is 0 Å². The number of benzene rings is 1. The number of hydrogen-bond donors (Lipinski definition) is 0. The van der Waals surface area contributed by atoms with E-state index >= 15 is 0 Å². The van der Waals surface area contributed by atoms with Crippen molar-refractivity contribution in [2.24, 2.45) is 0 Å². The van der Waals surface area contributed by atoms with Crippen molar-refractivity contribution in [2.75, 3.05) is 6.61 Å². The lowest BCUT2D eigenvalue weighted by Crippen LogP contribution is -2.34. The second-order valence-corrected chi connectivity index (χ2v) is 4.18. The highest BCUT2D eigenvalue weighted by Gasteiger charge is 2.43. The summed E-state index contributed by atoms with van der Waals surface area (Å²) in [5, 5.41) is 20.4. The van der Waals surface area contributed by atoms with Gasteiger partial charge in [-0.05, 0) is 26.3 Å². The predicted octanol–water partition coefficient (Wildman–Crippen LogP) is 2.25. The van der Waals surface area contributed by atoms with Crippen molar-refractivity contribution in [3.8, 4) is 6.07 Å². The van der Waals surface area contributed by atoms with Gasteiger partial charge < -0.3 is 4.74 Å². The minimum absolute atomic E-state index is 0.0842. The van der Waals surface area contributed by atoms with E-state index in [0.29, 0.717) is 5.56 Å². The Hall–Kier alpha value is -2.42. The molecule has 1 rings (SSSR count).